The first kappa shape index (κ1) is 70.6. The molecule has 0 saturated heterocycles. The molecular formula is C108H78O4. The van der Waals surface area contributed by atoms with Crippen molar-refractivity contribution in [3.8, 4) is 61.4 Å². The van der Waals surface area contributed by atoms with Crippen molar-refractivity contribution in [3.63, 3.8) is 0 Å². The number of carboxylic acid groups (broad SMARTS) is 1. The number of ether oxygens (including phenoxy) is 1. The lowest BCUT2D eigenvalue weighted by Gasteiger charge is -2.23. The minimum Gasteiger partial charge on any atom is -0.478 e. The van der Waals surface area contributed by atoms with Gasteiger partial charge < -0.3 is 9.84 Å². The fourth-order valence-corrected chi connectivity index (χ4v) is 16.7. The third kappa shape index (κ3) is 13.5. The van der Waals surface area contributed by atoms with Crippen LogP contribution in [0.25, 0.3) is 180 Å². The Balaban J connectivity index is 0.000000122. The summed E-state index contributed by atoms with van der Waals surface area (Å²) in [6.45, 7) is 17.4. The van der Waals surface area contributed by atoms with Crippen molar-refractivity contribution in [1.82, 2.24) is 0 Å². The van der Waals surface area contributed by atoms with Gasteiger partial charge in [-0.25, -0.2) is 4.79 Å². The Morgan fingerprint density at radius 3 is 0.902 bits per heavy atom. The van der Waals surface area contributed by atoms with Crippen LogP contribution in [-0.2, 0) is 9.59 Å². The number of aryl methyl sites for hydroxylation is 4. The van der Waals surface area contributed by atoms with Crippen molar-refractivity contribution in [1.29, 1.82) is 0 Å². The molecule has 1 N–H and O–H groups in total. The van der Waals surface area contributed by atoms with Gasteiger partial charge in [-0.05, 0) is 314 Å². The molecule has 0 heterocycles. The summed E-state index contributed by atoms with van der Waals surface area (Å²) in [5.74, 6) is -0.627. The quantitative estimate of drug-likeness (QED) is 0.0607. The molecule has 534 valence electrons. The summed E-state index contributed by atoms with van der Waals surface area (Å²) in [4.78, 5) is 22.2. The summed E-state index contributed by atoms with van der Waals surface area (Å²) in [6.07, 6.45) is 3.16. The number of hydrogen-bond donors (Lipinski definition) is 1. The zero-order chi connectivity index (χ0) is 76.5. The van der Waals surface area contributed by atoms with E-state index in [9.17, 15) is 14.7 Å². The highest BCUT2D eigenvalue weighted by molar-refractivity contribution is 6.28. The first-order valence-electron chi connectivity index (χ1n) is 37.9. The molecule has 19 rings (SSSR count). The van der Waals surface area contributed by atoms with Crippen LogP contribution in [0.15, 0.2) is 383 Å². The Morgan fingerprint density at radius 2 is 0.571 bits per heavy atom. The van der Waals surface area contributed by atoms with Gasteiger partial charge in [0.05, 0.1) is 5.57 Å². The summed E-state index contributed by atoms with van der Waals surface area (Å²) in [7, 11) is 0. The molecule has 0 fully saturated rings. The molecule has 0 amide bonds. The molecule has 4 nitrogen and oxygen atoms in total. The molecule has 4 heteroatoms. The van der Waals surface area contributed by atoms with E-state index in [1.807, 2.05) is 48.5 Å². The van der Waals surface area contributed by atoms with E-state index in [4.69, 9.17) is 4.74 Å². The van der Waals surface area contributed by atoms with E-state index in [2.05, 4.69) is 332 Å². The summed E-state index contributed by atoms with van der Waals surface area (Å²) in [5.41, 5.74) is 19.1. The highest BCUT2D eigenvalue weighted by Crippen LogP contribution is 2.50. The molecule has 19 aromatic rings. The fraction of sp³-hybridized carbons (Fsp3) is 0.0370. The number of carbonyl (C=O) groups excluding carboxylic acids is 1. The fourth-order valence-electron chi connectivity index (χ4n) is 16.7. The van der Waals surface area contributed by atoms with E-state index in [0.29, 0.717) is 17.8 Å². The molecule has 0 aromatic heterocycles. The van der Waals surface area contributed by atoms with Gasteiger partial charge in [-0.3, -0.25) is 4.79 Å². The molecule has 0 saturated carbocycles. The van der Waals surface area contributed by atoms with Crippen molar-refractivity contribution in [2.75, 3.05) is 0 Å². The van der Waals surface area contributed by atoms with E-state index in [-0.39, 0.29) is 5.57 Å². The Bertz CT molecular complexity index is 6600. The van der Waals surface area contributed by atoms with Crippen LogP contribution in [-0.4, -0.2) is 17.5 Å². The largest absolute Gasteiger partial charge is 0.478 e. The molecule has 19 aromatic carbocycles. The lowest BCUT2D eigenvalue weighted by Crippen LogP contribution is -1.97. The highest BCUT2D eigenvalue weighted by atomic mass is 16.5. The number of carboxylic acids is 1. The number of fused-ring (bicyclic) bond motifs is 11. The molecule has 0 aliphatic carbocycles. The third-order valence-corrected chi connectivity index (χ3v) is 22.1. The predicted molar refractivity (Wildman–Crippen MR) is 477 cm³/mol. The first-order chi connectivity index (χ1) is 54.8. The van der Waals surface area contributed by atoms with Crippen LogP contribution in [0, 0.1) is 27.7 Å². The van der Waals surface area contributed by atoms with Gasteiger partial charge >= 0.3 is 5.97 Å². The lowest BCUT2D eigenvalue weighted by molar-refractivity contribution is -0.132. The summed E-state index contributed by atoms with van der Waals surface area (Å²) in [6, 6.07) is 125. The molecule has 0 atom stereocenters. The third-order valence-electron chi connectivity index (χ3n) is 22.1. The van der Waals surface area contributed by atoms with Crippen LogP contribution in [0.4, 0.5) is 0 Å². The number of benzene rings is 18. The van der Waals surface area contributed by atoms with Gasteiger partial charge in [0.2, 0.25) is 0 Å². The molecule has 0 aliphatic heterocycles. The second-order valence-corrected chi connectivity index (χ2v) is 29.0. The predicted octanol–water partition coefficient (Wildman–Crippen LogP) is 29.2. The maximum Gasteiger partial charge on any atom is 0.335 e. The Morgan fingerprint density at radius 1 is 0.277 bits per heavy atom. The Kier molecular flexibility index (Phi) is 19.2. The van der Waals surface area contributed by atoms with Crippen molar-refractivity contribution in [2.45, 2.75) is 27.7 Å². The van der Waals surface area contributed by atoms with Gasteiger partial charge in [-0.1, -0.05) is 298 Å². The van der Waals surface area contributed by atoms with E-state index in [1.54, 1.807) is 18.2 Å². The molecule has 0 aliphatic rings. The number of allylic oxidation sites excluding steroid dienone is 2. The summed E-state index contributed by atoms with van der Waals surface area (Å²) in [5, 5.41) is 36.1. The van der Waals surface area contributed by atoms with Crippen molar-refractivity contribution in [3.05, 3.63) is 411 Å². The monoisotopic (exact) mass is 1440 g/mol. The number of hydrogen-bond acceptors (Lipinski definition) is 3. The Labute approximate surface area is 651 Å². The van der Waals surface area contributed by atoms with Crippen LogP contribution >= 0.6 is 0 Å². The topological polar surface area (TPSA) is 63.6 Å². The van der Waals surface area contributed by atoms with Crippen molar-refractivity contribution in [2.24, 2.45) is 0 Å². The Hall–Kier alpha value is -14.3. The van der Waals surface area contributed by atoms with Gasteiger partial charge in [-0.2, -0.15) is 0 Å². The molecular weight excluding hydrogens is 1360 g/mol. The second kappa shape index (κ2) is 30.4. The minimum absolute atomic E-state index is 0.0255. The zero-order valence-electron chi connectivity index (χ0n) is 62.8. The van der Waals surface area contributed by atoms with Gasteiger partial charge in [0.25, 0.3) is 6.47 Å². The second-order valence-electron chi connectivity index (χ2n) is 29.0. The smallest absolute Gasteiger partial charge is 0.335 e. The molecule has 0 bridgehead atoms. The van der Waals surface area contributed by atoms with E-state index < -0.39 is 5.97 Å². The van der Waals surface area contributed by atoms with Gasteiger partial charge in [0.1, 0.15) is 5.75 Å². The first-order valence-corrected chi connectivity index (χ1v) is 37.9. The lowest BCUT2D eigenvalue weighted by atomic mass is 9.80. The van der Waals surface area contributed by atoms with Crippen LogP contribution in [0.1, 0.15) is 27.8 Å². The minimum atomic E-state index is -1.08. The molecule has 0 spiro atoms. The van der Waals surface area contributed by atoms with Crippen molar-refractivity contribution >= 4 is 137 Å². The van der Waals surface area contributed by atoms with Gasteiger partial charge in [0.15, 0.2) is 0 Å². The van der Waals surface area contributed by atoms with Crippen LogP contribution in [0.2, 0.25) is 0 Å². The average molecular weight is 1440 g/mol. The molecule has 112 heavy (non-hydrogen) atoms. The normalized spacial score (nSPS) is 11.4. The van der Waals surface area contributed by atoms with Crippen LogP contribution < -0.4 is 4.74 Å². The van der Waals surface area contributed by atoms with Crippen LogP contribution in [0.3, 0.4) is 0 Å². The van der Waals surface area contributed by atoms with Crippen LogP contribution in [0.5, 0.6) is 5.75 Å². The number of carbonyl (C=O) groups is 2. The van der Waals surface area contributed by atoms with E-state index in [0.717, 1.165) is 49.0 Å². The van der Waals surface area contributed by atoms with Crippen molar-refractivity contribution < 1.29 is 19.4 Å². The van der Waals surface area contributed by atoms with Gasteiger partial charge in [0, 0.05) is 0 Å². The zero-order valence-corrected chi connectivity index (χ0v) is 62.8. The standard InChI is InChI=1S/C38H30.C36H26O4.C34H22/c1-23-11-9-12-24(2)35(23)37-31-19-27-15-5-7-17-29(27)21-33(31)38(36-25(3)13-10-14-26(36)4)34-22-30-18-8-6-16-28(30)20-32(34)37;1-24(11-12-25(2)36(38)39)32-19-15-26-7-3-4-8-27(26)16-20-33(28-13-17-31(18-14-28)40-23-37)35-22-30-10-6-5-9-29(30)21-34(32)35;1-3-11-23(12-4-1)33-29-19-25-15-7-9-17-27(25)21-31(29)34(24-13-5-2-6-14-24)32-22-28-18-10-8-16-26(28)20-30(32)33/h5-22H,1-4H3;3-23H,1-2H2,(H,38,39);1-22H/b;12-11-,19-15?,20-16?,26-15?,27-16?,32-19?,33-20?,34-32?,35-33?;. The maximum atomic E-state index is 11.4. The summed E-state index contributed by atoms with van der Waals surface area (Å²) >= 11 is 0. The molecule has 0 radical (unpaired) electrons. The average Bonchev–Trinajstić information content (AvgIpc) is 0.713. The van der Waals surface area contributed by atoms with Gasteiger partial charge in [-0.15, -0.1) is 0 Å². The van der Waals surface area contributed by atoms with E-state index in [1.165, 1.54) is 159 Å². The number of aliphatic carboxylic acids is 1. The number of rotatable bonds is 11. The maximum absolute atomic E-state index is 11.4. The summed E-state index contributed by atoms with van der Waals surface area (Å²) < 4.78 is 5.03. The SMILES string of the molecule is C=C(/C=C\C(=C)c1ccc2ccccc2ccc(-c2ccc(OC=O)cc2)c2cc3ccccc3cc12)C(=O)O.Cc1cccc(C)c1-c1c2cc3ccccc3cc2c(-c2c(C)cccc2C)c2cc3ccccc3cc12.c1ccc(-c2c3cc4ccccc4cc3c(-c3ccccc3)c3cc4ccccc4cc23)cc1. The molecule has 0 unspecified atom stereocenters. The van der Waals surface area contributed by atoms with E-state index >= 15 is 0 Å². The highest BCUT2D eigenvalue weighted by Gasteiger charge is 2.24.